The number of furan rings is 1. The summed E-state index contributed by atoms with van der Waals surface area (Å²) in [5.41, 5.74) is 3.69. The minimum Gasteiger partial charge on any atom is -0.467 e. The van der Waals surface area contributed by atoms with Gasteiger partial charge in [0.15, 0.2) is 0 Å². The molecule has 0 aliphatic heterocycles. The molecule has 2 aromatic heterocycles. The predicted molar refractivity (Wildman–Crippen MR) is 74.2 cm³/mol. The Morgan fingerprint density at radius 1 is 1.21 bits per heavy atom. The zero-order valence-corrected chi connectivity index (χ0v) is 11.5. The Morgan fingerprint density at radius 2 is 2.05 bits per heavy atom. The van der Waals surface area contributed by atoms with Crippen molar-refractivity contribution < 1.29 is 4.42 Å². The summed E-state index contributed by atoms with van der Waals surface area (Å²) in [4.78, 5) is 9.11. The number of nitrogens with one attached hydrogen (secondary N) is 1. The summed E-state index contributed by atoms with van der Waals surface area (Å²) < 4.78 is 5.45. The third-order valence-corrected chi connectivity index (χ3v) is 3.68. The molecule has 1 aliphatic carbocycles. The van der Waals surface area contributed by atoms with Crippen molar-refractivity contribution in [3.05, 3.63) is 40.7 Å². The van der Waals surface area contributed by atoms with Gasteiger partial charge in [0, 0.05) is 11.3 Å². The van der Waals surface area contributed by atoms with E-state index in [4.69, 9.17) is 4.42 Å². The molecule has 2 aromatic rings. The number of rotatable bonds is 3. The van der Waals surface area contributed by atoms with Crippen molar-refractivity contribution in [3.63, 3.8) is 0 Å². The third-order valence-electron chi connectivity index (χ3n) is 3.68. The van der Waals surface area contributed by atoms with E-state index in [0.29, 0.717) is 6.54 Å². The summed E-state index contributed by atoms with van der Waals surface area (Å²) in [6.07, 6.45) is 6.35. The fourth-order valence-corrected chi connectivity index (χ4v) is 2.61. The monoisotopic (exact) mass is 257 g/mol. The molecule has 19 heavy (non-hydrogen) atoms. The van der Waals surface area contributed by atoms with Crippen LogP contribution in [0.2, 0.25) is 0 Å². The molecule has 0 aromatic carbocycles. The van der Waals surface area contributed by atoms with Crippen LogP contribution in [0.1, 0.15) is 41.2 Å². The lowest BCUT2D eigenvalue weighted by Crippen LogP contribution is -2.13. The molecule has 1 aliphatic rings. The fraction of sp³-hybridized carbons (Fsp3) is 0.467. The Kier molecular flexibility index (Phi) is 3.23. The summed E-state index contributed by atoms with van der Waals surface area (Å²) in [6.45, 7) is 4.70. The Morgan fingerprint density at radius 3 is 2.84 bits per heavy atom. The quantitative estimate of drug-likeness (QED) is 0.917. The van der Waals surface area contributed by atoms with E-state index in [1.807, 2.05) is 13.0 Å². The molecule has 3 rings (SSSR count). The zero-order valence-electron chi connectivity index (χ0n) is 11.5. The maximum absolute atomic E-state index is 5.45. The molecular formula is C15H19N3O. The van der Waals surface area contributed by atoms with Gasteiger partial charge in [-0.1, -0.05) is 0 Å². The summed E-state index contributed by atoms with van der Waals surface area (Å²) in [6, 6.07) is 1.98. The second kappa shape index (κ2) is 5.03. The molecule has 0 saturated heterocycles. The highest BCUT2D eigenvalue weighted by atomic mass is 16.3. The Hall–Kier alpha value is -1.84. The molecule has 1 N–H and O–H groups in total. The van der Waals surface area contributed by atoms with Gasteiger partial charge in [0.1, 0.15) is 17.4 Å². The fourth-order valence-electron chi connectivity index (χ4n) is 2.61. The third kappa shape index (κ3) is 2.48. The molecule has 0 fully saturated rings. The Labute approximate surface area is 113 Å². The molecule has 2 heterocycles. The number of aryl methyl sites for hydroxylation is 3. The molecule has 0 atom stereocenters. The van der Waals surface area contributed by atoms with Gasteiger partial charge in [-0.25, -0.2) is 9.97 Å². The van der Waals surface area contributed by atoms with E-state index in [-0.39, 0.29) is 0 Å². The van der Waals surface area contributed by atoms with E-state index in [9.17, 15) is 0 Å². The van der Waals surface area contributed by atoms with Crippen molar-refractivity contribution in [2.45, 2.75) is 46.1 Å². The molecule has 0 radical (unpaired) electrons. The lowest BCUT2D eigenvalue weighted by atomic mass is 9.96. The van der Waals surface area contributed by atoms with Crippen LogP contribution in [-0.4, -0.2) is 9.97 Å². The number of fused-ring (bicyclic) bond motifs is 1. The Balaban J connectivity index is 1.84. The summed E-state index contributed by atoms with van der Waals surface area (Å²) in [7, 11) is 0. The predicted octanol–water partition coefficient (Wildman–Crippen LogP) is 3.18. The summed E-state index contributed by atoms with van der Waals surface area (Å²) >= 11 is 0. The molecule has 4 nitrogen and oxygen atoms in total. The molecule has 0 spiro atoms. The van der Waals surface area contributed by atoms with E-state index >= 15 is 0 Å². The Bertz CT molecular complexity index is 589. The first-order valence-electron chi connectivity index (χ1n) is 6.87. The van der Waals surface area contributed by atoms with Gasteiger partial charge in [0.25, 0.3) is 0 Å². The van der Waals surface area contributed by atoms with E-state index < -0.39 is 0 Å². The van der Waals surface area contributed by atoms with Gasteiger partial charge >= 0.3 is 0 Å². The minimum absolute atomic E-state index is 0.682. The second-order valence-electron chi connectivity index (χ2n) is 5.13. The van der Waals surface area contributed by atoms with Crippen molar-refractivity contribution >= 4 is 5.82 Å². The van der Waals surface area contributed by atoms with Crippen LogP contribution in [0.3, 0.4) is 0 Å². The van der Waals surface area contributed by atoms with Crippen LogP contribution in [0.25, 0.3) is 0 Å². The summed E-state index contributed by atoms with van der Waals surface area (Å²) in [5, 5.41) is 3.41. The van der Waals surface area contributed by atoms with Crippen molar-refractivity contribution in [3.8, 4) is 0 Å². The van der Waals surface area contributed by atoms with Gasteiger partial charge in [0.2, 0.25) is 0 Å². The smallest absolute Gasteiger partial charge is 0.133 e. The van der Waals surface area contributed by atoms with Gasteiger partial charge in [-0.3, -0.25) is 0 Å². The number of nitrogens with zero attached hydrogens (tertiary/aromatic N) is 2. The molecule has 4 heteroatoms. The normalized spacial score (nSPS) is 14.2. The van der Waals surface area contributed by atoms with Crippen LogP contribution in [0.5, 0.6) is 0 Å². The first-order chi connectivity index (χ1) is 9.24. The summed E-state index contributed by atoms with van der Waals surface area (Å²) in [5.74, 6) is 2.80. The van der Waals surface area contributed by atoms with Crippen LogP contribution in [0.15, 0.2) is 16.7 Å². The SMILES string of the molecule is Cc1nc2c(c(NCc3occc3C)n1)CCCC2. The van der Waals surface area contributed by atoms with Gasteiger partial charge in [0.05, 0.1) is 12.8 Å². The van der Waals surface area contributed by atoms with Crippen molar-refractivity contribution in [2.24, 2.45) is 0 Å². The number of anilines is 1. The van der Waals surface area contributed by atoms with Crippen LogP contribution < -0.4 is 5.32 Å². The van der Waals surface area contributed by atoms with Gasteiger partial charge in [-0.05, 0) is 51.2 Å². The van der Waals surface area contributed by atoms with Gasteiger partial charge in [-0.2, -0.15) is 0 Å². The highest BCUT2D eigenvalue weighted by Gasteiger charge is 2.17. The zero-order chi connectivity index (χ0) is 13.2. The molecule has 0 unspecified atom stereocenters. The lowest BCUT2D eigenvalue weighted by Gasteiger charge is -2.19. The molecule has 0 saturated carbocycles. The van der Waals surface area contributed by atoms with Crippen molar-refractivity contribution in [1.82, 2.24) is 9.97 Å². The van der Waals surface area contributed by atoms with Crippen LogP contribution in [0.4, 0.5) is 5.82 Å². The van der Waals surface area contributed by atoms with E-state index in [1.165, 1.54) is 29.7 Å². The average Bonchev–Trinajstić information content (AvgIpc) is 2.81. The first kappa shape index (κ1) is 12.2. The highest BCUT2D eigenvalue weighted by molar-refractivity contribution is 5.48. The van der Waals surface area contributed by atoms with Crippen molar-refractivity contribution in [2.75, 3.05) is 5.32 Å². The second-order valence-corrected chi connectivity index (χ2v) is 5.13. The van der Waals surface area contributed by atoms with Crippen LogP contribution >= 0.6 is 0 Å². The number of hydrogen-bond acceptors (Lipinski definition) is 4. The molecular weight excluding hydrogens is 238 g/mol. The average molecular weight is 257 g/mol. The van der Waals surface area contributed by atoms with Crippen molar-refractivity contribution in [1.29, 1.82) is 0 Å². The topological polar surface area (TPSA) is 51.0 Å². The van der Waals surface area contributed by atoms with Crippen LogP contribution in [-0.2, 0) is 19.4 Å². The molecule has 100 valence electrons. The largest absolute Gasteiger partial charge is 0.467 e. The molecule has 0 bridgehead atoms. The van der Waals surface area contributed by atoms with E-state index in [1.54, 1.807) is 6.26 Å². The van der Waals surface area contributed by atoms with Gasteiger partial charge in [-0.15, -0.1) is 0 Å². The molecule has 0 amide bonds. The van der Waals surface area contributed by atoms with E-state index in [0.717, 1.165) is 30.2 Å². The minimum atomic E-state index is 0.682. The van der Waals surface area contributed by atoms with Gasteiger partial charge < -0.3 is 9.73 Å². The first-order valence-corrected chi connectivity index (χ1v) is 6.87. The van der Waals surface area contributed by atoms with E-state index in [2.05, 4.69) is 22.2 Å². The lowest BCUT2D eigenvalue weighted by molar-refractivity contribution is 0.514. The number of hydrogen-bond donors (Lipinski definition) is 1. The number of aromatic nitrogens is 2. The van der Waals surface area contributed by atoms with Crippen LogP contribution in [0, 0.1) is 13.8 Å². The highest BCUT2D eigenvalue weighted by Crippen LogP contribution is 2.26. The maximum atomic E-state index is 5.45. The standard InChI is InChI=1S/C15H19N3O/c1-10-7-8-19-14(10)9-16-15-12-5-3-4-6-13(12)17-11(2)18-15/h7-8H,3-6,9H2,1-2H3,(H,16,17,18). The maximum Gasteiger partial charge on any atom is 0.133 e.